The fraction of sp³-hybridized carbons (Fsp3) is 0.714. The number of nitrogens with one attached hydrogen (secondary N) is 1. The lowest BCUT2D eigenvalue weighted by Gasteiger charge is -2.35. The number of hydrogen-bond acceptors (Lipinski definition) is 8. The highest BCUT2D eigenvalue weighted by molar-refractivity contribution is 6.72. The highest BCUT2D eigenvalue weighted by atomic mass is 28.4. The lowest BCUT2D eigenvalue weighted by atomic mass is 10.1. The average molecular weight is 358 g/mol. The van der Waals surface area contributed by atoms with Gasteiger partial charge >= 0.3 is 17.4 Å². The molecule has 10 heteroatoms. The zero-order valence-electron chi connectivity index (χ0n) is 15.0. The van der Waals surface area contributed by atoms with E-state index in [1.54, 1.807) is 0 Å². The fourth-order valence-electron chi connectivity index (χ4n) is 1.97. The molecule has 0 radical (unpaired) electrons. The number of methoxy groups -OCH3 is 2. The zero-order chi connectivity index (χ0) is 18.5. The van der Waals surface area contributed by atoms with Crippen molar-refractivity contribution in [2.75, 3.05) is 26.1 Å². The standard InChI is InChI=1S/C14H26N4O5Si/c1-14(2,24(5,6)21)8-7-9-15-13-16-11(22-3)10(18(19)20)12(17-13)23-4/h21H,7-9H2,1-6H3,(H,15,16,17). The maximum absolute atomic E-state index is 11.1. The first-order valence-electron chi connectivity index (χ1n) is 7.64. The first kappa shape index (κ1) is 20.1. The van der Waals surface area contributed by atoms with Crippen LogP contribution in [0.25, 0.3) is 0 Å². The molecule has 9 nitrogen and oxygen atoms in total. The second kappa shape index (κ2) is 7.75. The second-order valence-electron chi connectivity index (χ2n) is 6.64. The first-order valence-corrected chi connectivity index (χ1v) is 10.6. The van der Waals surface area contributed by atoms with E-state index in [1.165, 1.54) is 14.2 Å². The van der Waals surface area contributed by atoms with Crippen LogP contribution in [-0.2, 0) is 0 Å². The summed E-state index contributed by atoms with van der Waals surface area (Å²) in [6, 6.07) is 0. The van der Waals surface area contributed by atoms with E-state index in [2.05, 4.69) is 29.1 Å². The predicted molar refractivity (Wildman–Crippen MR) is 93.3 cm³/mol. The van der Waals surface area contributed by atoms with Gasteiger partial charge in [0.15, 0.2) is 8.32 Å². The van der Waals surface area contributed by atoms with E-state index in [9.17, 15) is 14.9 Å². The quantitative estimate of drug-likeness (QED) is 0.299. The van der Waals surface area contributed by atoms with Crippen LogP contribution < -0.4 is 14.8 Å². The van der Waals surface area contributed by atoms with Crippen molar-refractivity contribution in [3.8, 4) is 11.8 Å². The Morgan fingerprint density at radius 3 is 2.12 bits per heavy atom. The third-order valence-electron chi connectivity index (χ3n) is 4.31. The lowest BCUT2D eigenvalue weighted by Crippen LogP contribution is -2.39. The van der Waals surface area contributed by atoms with E-state index in [0.29, 0.717) is 6.54 Å². The summed E-state index contributed by atoms with van der Waals surface area (Å²) in [5.41, 5.74) is -0.403. The largest absolute Gasteiger partial charge is 0.476 e. The minimum absolute atomic E-state index is 0.111. The van der Waals surface area contributed by atoms with Gasteiger partial charge in [0.25, 0.3) is 0 Å². The molecule has 0 aromatic carbocycles. The van der Waals surface area contributed by atoms with Gasteiger partial charge in [-0.1, -0.05) is 13.8 Å². The molecule has 0 unspecified atom stereocenters. The van der Waals surface area contributed by atoms with Gasteiger partial charge in [-0.25, -0.2) is 0 Å². The van der Waals surface area contributed by atoms with Crippen LogP contribution >= 0.6 is 0 Å². The SMILES string of the molecule is COc1nc(NCCCC(C)(C)[Si](C)(C)O)nc(OC)c1[N+](=O)[O-]. The Labute approximate surface area is 142 Å². The van der Waals surface area contributed by atoms with Gasteiger partial charge in [0.2, 0.25) is 5.95 Å². The van der Waals surface area contributed by atoms with Gasteiger partial charge in [0, 0.05) is 6.54 Å². The third kappa shape index (κ3) is 4.77. The minimum atomic E-state index is -2.24. The molecule has 0 aliphatic heterocycles. The molecule has 0 saturated heterocycles. The molecule has 136 valence electrons. The smallest absolute Gasteiger partial charge is 0.392 e. The summed E-state index contributed by atoms with van der Waals surface area (Å²) in [5.74, 6) is -0.107. The molecule has 1 heterocycles. The van der Waals surface area contributed by atoms with Crippen molar-refractivity contribution in [3.05, 3.63) is 10.1 Å². The predicted octanol–water partition coefficient (Wildman–Crippen LogP) is 2.57. The van der Waals surface area contributed by atoms with Crippen LogP contribution in [0.5, 0.6) is 11.8 Å². The number of rotatable bonds is 9. The summed E-state index contributed by atoms with van der Waals surface area (Å²) < 4.78 is 9.91. The van der Waals surface area contributed by atoms with Crippen LogP contribution in [0.3, 0.4) is 0 Å². The van der Waals surface area contributed by atoms with Gasteiger partial charge in [-0.15, -0.1) is 0 Å². The van der Waals surface area contributed by atoms with Crippen LogP contribution in [0.2, 0.25) is 18.1 Å². The zero-order valence-corrected chi connectivity index (χ0v) is 16.0. The highest BCUT2D eigenvalue weighted by Crippen LogP contribution is 2.39. The molecule has 2 N–H and O–H groups in total. The summed E-state index contributed by atoms with van der Waals surface area (Å²) in [7, 11) is 0.364. The Kier molecular flexibility index (Phi) is 6.49. The molecule has 1 aromatic heterocycles. The monoisotopic (exact) mass is 358 g/mol. The summed E-state index contributed by atoms with van der Waals surface area (Å²) in [6.45, 7) is 8.55. The highest BCUT2D eigenvalue weighted by Gasteiger charge is 2.37. The van der Waals surface area contributed by atoms with E-state index in [0.717, 1.165) is 12.8 Å². The van der Waals surface area contributed by atoms with Crippen LogP contribution in [0.4, 0.5) is 11.6 Å². The Bertz CT molecular complexity index is 564. The molecule has 0 saturated carbocycles. The van der Waals surface area contributed by atoms with E-state index in [1.807, 2.05) is 13.1 Å². The second-order valence-corrected chi connectivity index (χ2v) is 11.1. The molecule has 0 fully saturated rings. The number of nitrogens with zero attached hydrogens (tertiary/aromatic N) is 3. The maximum Gasteiger partial charge on any atom is 0.392 e. The fourth-order valence-corrected chi connectivity index (χ4v) is 2.76. The van der Waals surface area contributed by atoms with E-state index in [4.69, 9.17) is 9.47 Å². The number of anilines is 1. The first-order chi connectivity index (χ1) is 11.0. The Balaban J connectivity index is 2.78. The number of aromatic nitrogens is 2. The average Bonchev–Trinajstić information content (AvgIpc) is 2.49. The Morgan fingerprint density at radius 2 is 1.75 bits per heavy atom. The van der Waals surface area contributed by atoms with Gasteiger partial charge in [-0.05, 0) is 31.0 Å². The van der Waals surface area contributed by atoms with E-state index >= 15 is 0 Å². The van der Waals surface area contributed by atoms with Crippen LogP contribution in [0, 0.1) is 10.1 Å². The molecule has 0 spiro atoms. The van der Waals surface area contributed by atoms with Crippen molar-refractivity contribution in [2.45, 2.75) is 44.8 Å². The van der Waals surface area contributed by atoms with E-state index < -0.39 is 18.9 Å². The molecule has 0 aliphatic carbocycles. The van der Waals surface area contributed by atoms with Crippen molar-refractivity contribution < 1.29 is 19.2 Å². The Morgan fingerprint density at radius 1 is 1.25 bits per heavy atom. The molecule has 0 aliphatic rings. The topological polar surface area (TPSA) is 120 Å². The summed E-state index contributed by atoms with van der Waals surface area (Å²) in [4.78, 5) is 28.7. The van der Waals surface area contributed by atoms with Crippen molar-refractivity contribution >= 4 is 20.0 Å². The molecule has 24 heavy (non-hydrogen) atoms. The summed E-state index contributed by atoms with van der Waals surface area (Å²) in [5, 5.41) is 14.0. The van der Waals surface area contributed by atoms with Gasteiger partial charge in [0.05, 0.1) is 19.1 Å². The molecular formula is C14H26N4O5Si. The van der Waals surface area contributed by atoms with Gasteiger partial charge < -0.3 is 19.6 Å². The summed E-state index contributed by atoms with van der Waals surface area (Å²) >= 11 is 0. The van der Waals surface area contributed by atoms with Crippen molar-refractivity contribution in [2.24, 2.45) is 0 Å². The normalized spacial score (nSPS) is 12.0. The number of nitro groups is 1. The van der Waals surface area contributed by atoms with Gasteiger partial charge in [0.1, 0.15) is 0 Å². The number of hydrogen-bond donors (Lipinski definition) is 2. The van der Waals surface area contributed by atoms with Crippen LogP contribution in [-0.4, -0.2) is 48.8 Å². The third-order valence-corrected chi connectivity index (χ3v) is 7.87. The molecule has 0 bridgehead atoms. The van der Waals surface area contributed by atoms with Crippen molar-refractivity contribution in [3.63, 3.8) is 0 Å². The molecule has 0 atom stereocenters. The van der Waals surface area contributed by atoms with Crippen molar-refractivity contribution in [1.82, 2.24) is 9.97 Å². The minimum Gasteiger partial charge on any atom is -0.476 e. The van der Waals surface area contributed by atoms with Gasteiger partial charge in [-0.2, -0.15) is 9.97 Å². The molecule has 1 aromatic rings. The Hall–Kier alpha value is -1.94. The van der Waals surface area contributed by atoms with Crippen LogP contribution in [0.1, 0.15) is 26.7 Å². The maximum atomic E-state index is 11.1. The van der Waals surface area contributed by atoms with Crippen LogP contribution in [0.15, 0.2) is 0 Å². The lowest BCUT2D eigenvalue weighted by molar-refractivity contribution is -0.387. The summed E-state index contributed by atoms with van der Waals surface area (Å²) in [6.07, 6.45) is 1.64. The molecule has 1 rings (SSSR count). The van der Waals surface area contributed by atoms with Gasteiger partial charge in [-0.3, -0.25) is 10.1 Å². The van der Waals surface area contributed by atoms with E-state index in [-0.39, 0.29) is 22.7 Å². The molecule has 0 amide bonds. The van der Waals surface area contributed by atoms with Crippen molar-refractivity contribution in [1.29, 1.82) is 0 Å². The number of ether oxygens (including phenoxy) is 2. The molecular weight excluding hydrogens is 332 g/mol.